The fourth-order valence-corrected chi connectivity index (χ4v) is 3.09. The highest BCUT2D eigenvalue weighted by Crippen LogP contribution is 2.54. The minimum atomic E-state index is -1.29. The molecule has 4 N–H and O–H groups in total. The molecule has 78 valence electrons. The van der Waals surface area contributed by atoms with Crippen LogP contribution in [-0.2, 0) is 9.59 Å². The monoisotopic (exact) mass is 199 g/mol. The molecule has 0 radical (unpaired) electrons. The summed E-state index contributed by atoms with van der Waals surface area (Å²) in [6, 6.07) is 0. The van der Waals surface area contributed by atoms with Crippen LogP contribution in [0, 0.1) is 17.8 Å². The number of carboxylic acids is 2. The van der Waals surface area contributed by atoms with Crippen LogP contribution < -0.4 is 5.73 Å². The van der Waals surface area contributed by atoms with Crippen LogP contribution in [0.4, 0.5) is 0 Å². The summed E-state index contributed by atoms with van der Waals surface area (Å²) in [6.45, 7) is 0. The third-order valence-electron chi connectivity index (χ3n) is 3.83. The molecule has 0 amide bonds. The fourth-order valence-electron chi connectivity index (χ4n) is 3.09. The van der Waals surface area contributed by atoms with Gasteiger partial charge in [-0.1, -0.05) is 0 Å². The molecule has 0 aliphatic heterocycles. The maximum absolute atomic E-state index is 11.0. The van der Waals surface area contributed by atoms with Gasteiger partial charge in [-0.25, -0.2) is 0 Å². The van der Waals surface area contributed by atoms with Crippen LogP contribution >= 0.6 is 0 Å². The van der Waals surface area contributed by atoms with Crippen LogP contribution in [0.5, 0.6) is 0 Å². The van der Waals surface area contributed by atoms with Gasteiger partial charge in [-0.2, -0.15) is 0 Å². The Labute approximate surface area is 80.9 Å². The summed E-state index contributed by atoms with van der Waals surface area (Å²) < 4.78 is 0. The summed E-state index contributed by atoms with van der Waals surface area (Å²) in [6.07, 6.45) is 1.80. The molecular formula is C9H13NO4. The standard InChI is InChI=1S/C9H13NO4/c10-9(8(13)14)4-1-2-6(9)5(3-4)7(11)12/h4-6H,1-3,10H2,(H,11,12)(H,13,14)/t4-,5?,6+,9-/m0/s1. The second kappa shape index (κ2) is 2.70. The lowest BCUT2D eigenvalue weighted by atomic mass is 9.85. The normalized spacial score (nSPS) is 45.4. The Bertz CT molecular complexity index is 303. The highest BCUT2D eigenvalue weighted by atomic mass is 16.4. The number of nitrogens with two attached hydrogens (primary N) is 1. The minimum Gasteiger partial charge on any atom is -0.481 e. The van der Waals surface area contributed by atoms with Crippen molar-refractivity contribution < 1.29 is 19.8 Å². The number of hydrogen-bond donors (Lipinski definition) is 3. The average molecular weight is 199 g/mol. The molecule has 14 heavy (non-hydrogen) atoms. The van der Waals surface area contributed by atoms with Gasteiger partial charge in [-0.15, -0.1) is 0 Å². The highest BCUT2D eigenvalue weighted by molar-refractivity contribution is 5.83. The van der Waals surface area contributed by atoms with Crippen LogP contribution in [0.15, 0.2) is 0 Å². The molecule has 0 aromatic carbocycles. The third-order valence-corrected chi connectivity index (χ3v) is 3.83. The summed E-state index contributed by atoms with van der Waals surface area (Å²) in [5, 5.41) is 17.9. The molecule has 0 saturated heterocycles. The summed E-state index contributed by atoms with van der Waals surface area (Å²) in [7, 11) is 0. The Morgan fingerprint density at radius 1 is 1.29 bits per heavy atom. The van der Waals surface area contributed by atoms with Crippen LogP contribution in [0.25, 0.3) is 0 Å². The first-order chi connectivity index (χ1) is 6.48. The summed E-state index contributed by atoms with van der Waals surface area (Å²) in [5.74, 6) is -3.06. The van der Waals surface area contributed by atoms with Crippen LogP contribution in [0.3, 0.4) is 0 Å². The van der Waals surface area contributed by atoms with Gasteiger partial charge in [0.1, 0.15) is 5.54 Å². The Balaban J connectivity index is 2.32. The molecule has 1 unspecified atom stereocenters. The molecule has 4 atom stereocenters. The van der Waals surface area contributed by atoms with Crippen molar-refractivity contribution in [1.82, 2.24) is 0 Å². The van der Waals surface area contributed by atoms with Crippen molar-refractivity contribution in [3.63, 3.8) is 0 Å². The number of rotatable bonds is 2. The number of fused-ring (bicyclic) bond motifs is 2. The quantitative estimate of drug-likeness (QED) is 0.576. The number of aliphatic carboxylic acids is 2. The Kier molecular flexibility index (Phi) is 1.82. The van der Waals surface area contributed by atoms with Gasteiger partial charge in [-0.3, -0.25) is 9.59 Å². The van der Waals surface area contributed by atoms with Gasteiger partial charge in [0.25, 0.3) is 0 Å². The van der Waals surface area contributed by atoms with Gasteiger partial charge in [-0.05, 0) is 25.2 Å². The third kappa shape index (κ3) is 0.930. The topological polar surface area (TPSA) is 101 Å². The summed E-state index contributed by atoms with van der Waals surface area (Å²) in [5.41, 5.74) is 4.53. The molecule has 2 aliphatic rings. The Hall–Kier alpha value is -1.10. The van der Waals surface area contributed by atoms with E-state index in [1.54, 1.807) is 0 Å². The molecule has 0 spiro atoms. The molecule has 2 bridgehead atoms. The van der Waals surface area contributed by atoms with E-state index in [9.17, 15) is 9.59 Å². The van der Waals surface area contributed by atoms with Crippen molar-refractivity contribution in [3.8, 4) is 0 Å². The van der Waals surface area contributed by atoms with E-state index in [2.05, 4.69) is 0 Å². The van der Waals surface area contributed by atoms with E-state index in [1.807, 2.05) is 0 Å². The molecular weight excluding hydrogens is 186 g/mol. The molecule has 2 fully saturated rings. The number of carboxylic acid groups (broad SMARTS) is 2. The molecule has 5 nitrogen and oxygen atoms in total. The molecule has 2 aliphatic carbocycles. The van der Waals surface area contributed by atoms with Gasteiger partial charge in [0.2, 0.25) is 0 Å². The predicted molar refractivity (Wildman–Crippen MR) is 46.5 cm³/mol. The van der Waals surface area contributed by atoms with E-state index in [0.29, 0.717) is 12.8 Å². The predicted octanol–water partition coefficient (Wildman–Crippen LogP) is -0.101. The van der Waals surface area contributed by atoms with E-state index in [-0.39, 0.29) is 11.8 Å². The summed E-state index contributed by atoms with van der Waals surface area (Å²) >= 11 is 0. The lowest BCUT2D eigenvalue weighted by Crippen LogP contribution is -2.53. The Morgan fingerprint density at radius 3 is 2.29 bits per heavy atom. The zero-order valence-corrected chi connectivity index (χ0v) is 7.64. The molecule has 0 heterocycles. The second-order valence-corrected chi connectivity index (χ2v) is 4.30. The van der Waals surface area contributed by atoms with Crippen LogP contribution in [0.1, 0.15) is 19.3 Å². The molecule has 2 rings (SSSR count). The van der Waals surface area contributed by atoms with Gasteiger partial charge in [0.05, 0.1) is 5.92 Å². The SMILES string of the molecule is N[C@@]1(C(=O)O)[C@H]2CC[C@@H]1C(C(=O)O)C2. The smallest absolute Gasteiger partial charge is 0.324 e. The molecule has 0 aromatic rings. The lowest BCUT2D eigenvalue weighted by molar-refractivity contribution is -0.147. The largest absolute Gasteiger partial charge is 0.481 e. The van der Waals surface area contributed by atoms with Crippen molar-refractivity contribution in [2.24, 2.45) is 23.5 Å². The summed E-state index contributed by atoms with van der Waals surface area (Å²) in [4.78, 5) is 21.9. The first-order valence-electron chi connectivity index (χ1n) is 4.73. The first-order valence-corrected chi connectivity index (χ1v) is 4.73. The fraction of sp³-hybridized carbons (Fsp3) is 0.778. The van der Waals surface area contributed by atoms with Gasteiger partial charge in [0, 0.05) is 5.92 Å². The zero-order valence-electron chi connectivity index (χ0n) is 7.64. The van der Waals surface area contributed by atoms with E-state index >= 15 is 0 Å². The number of carbonyl (C=O) groups is 2. The molecule has 2 saturated carbocycles. The average Bonchev–Trinajstić information content (AvgIpc) is 2.58. The van der Waals surface area contributed by atoms with Crippen LogP contribution in [0.2, 0.25) is 0 Å². The minimum absolute atomic E-state index is 0.161. The second-order valence-electron chi connectivity index (χ2n) is 4.30. The van der Waals surface area contributed by atoms with Gasteiger partial charge >= 0.3 is 11.9 Å². The Morgan fingerprint density at radius 2 is 1.93 bits per heavy atom. The number of hydrogen-bond acceptors (Lipinski definition) is 3. The van der Waals surface area contributed by atoms with Crippen molar-refractivity contribution in [2.45, 2.75) is 24.8 Å². The van der Waals surface area contributed by atoms with Crippen molar-refractivity contribution in [3.05, 3.63) is 0 Å². The van der Waals surface area contributed by atoms with Crippen molar-refractivity contribution in [1.29, 1.82) is 0 Å². The maximum Gasteiger partial charge on any atom is 0.324 e. The first kappa shape index (κ1) is 9.45. The molecule has 5 heteroatoms. The molecule has 0 aromatic heterocycles. The lowest BCUT2D eigenvalue weighted by Gasteiger charge is -2.24. The van der Waals surface area contributed by atoms with E-state index < -0.39 is 23.4 Å². The van der Waals surface area contributed by atoms with Crippen LogP contribution in [-0.4, -0.2) is 27.7 Å². The van der Waals surface area contributed by atoms with Crippen molar-refractivity contribution >= 4 is 11.9 Å². The zero-order chi connectivity index (χ0) is 10.5. The maximum atomic E-state index is 11.0. The van der Waals surface area contributed by atoms with E-state index in [1.165, 1.54) is 0 Å². The highest BCUT2D eigenvalue weighted by Gasteiger charge is 2.63. The van der Waals surface area contributed by atoms with Gasteiger partial charge < -0.3 is 15.9 Å². The van der Waals surface area contributed by atoms with Crippen molar-refractivity contribution in [2.75, 3.05) is 0 Å². The van der Waals surface area contributed by atoms with E-state index in [4.69, 9.17) is 15.9 Å². The van der Waals surface area contributed by atoms with E-state index in [0.717, 1.165) is 6.42 Å². The van der Waals surface area contributed by atoms with Gasteiger partial charge in [0.15, 0.2) is 0 Å².